The third kappa shape index (κ3) is 5.01. The van der Waals surface area contributed by atoms with Crippen molar-refractivity contribution < 1.29 is 27.8 Å². The molecule has 0 bridgehead atoms. The van der Waals surface area contributed by atoms with Gasteiger partial charge in [-0.3, -0.25) is 4.79 Å². The Labute approximate surface area is 163 Å². The highest BCUT2D eigenvalue weighted by Crippen LogP contribution is 2.22. The predicted molar refractivity (Wildman–Crippen MR) is 99.5 cm³/mol. The number of halogens is 2. The van der Waals surface area contributed by atoms with Crippen molar-refractivity contribution in [2.75, 3.05) is 13.7 Å². The molecular formula is C19H16F2N2O4S. The Balaban J connectivity index is 1.54. The van der Waals surface area contributed by atoms with Crippen molar-refractivity contribution in [1.29, 1.82) is 0 Å². The maximum absolute atomic E-state index is 12.3. The number of hydrogen-bond acceptors (Lipinski definition) is 6. The first kappa shape index (κ1) is 19.7. The molecule has 2 aromatic carbocycles. The van der Waals surface area contributed by atoms with E-state index in [-0.39, 0.29) is 17.9 Å². The van der Waals surface area contributed by atoms with E-state index in [1.165, 1.54) is 34.4 Å². The summed E-state index contributed by atoms with van der Waals surface area (Å²) >= 11 is 1.48. The summed E-state index contributed by atoms with van der Waals surface area (Å²) in [6, 6.07) is 12.8. The summed E-state index contributed by atoms with van der Waals surface area (Å²) in [5.74, 6) is -1.38. The van der Waals surface area contributed by atoms with E-state index in [1.54, 1.807) is 7.05 Å². The lowest BCUT2D eigenvalue weighted by Crippen LogP contribution is -2.30. The number of carbonyl (C=O) groups excluding carboxylic acids is 2. The SMILES string of the molecule is CN(Cc1nc2ccccc2s1)C(=O)COC(=O)c1cccc(OC(F)F)c1. The van der Waals surface area contributed by atoms with Gasteiger partial charge in [-0.1, -0.05) is 18.2 Å². The molecule has 1 aromatic heterocycles. The van der Waals surface area contributed by atoms with Crippen LogP contribution in [0.2, 0.25) is 0 Å². The van der Waals surface area contributed by atoms with Crippen molar-refractivity contribution in [2.45, 2.75) is 13.2 Å². The molecule has 0 fully saturated rings. The van der Waals surface area contributed by atoms with E-state index in [1.807, 2.05) is 24.3 Å². The summed E-state index contributed by atoms with van der Waals surface area (Å²) in [5, 5.41) is 0.764. The first-order valence-corrected chi connectivity index (χ1v) is 9.04. The van der Waals surface area contributed by atoms with Gasteiger partial charge in [0.05, 0.1) is 22.3 Å². The average Bonchev–Trinajstić information content (AvgIpc) is 3.07. The summed E-state index contributed by atoms with van der Waals surface area (Å²) < 4.78 is 34.7. The lowest BCUT2D eigenvalue weighted by atomic mass is 10.2. The average molecular weight is 406 g/mol. The normalized spacial score (nSPS) is 10.9. The van der Waals surface area contributed by atoms with Gasteiger partial charge in [0.2, 0.25) is 0 Å². The molecule has 0 unspecified atom stereocenters. The Morgan fingerprint density at radius 3 is 2.71 bits per heavy atom. The molecule has 0 N–H and O–H groups in total. The van der Waals surface area contributed by atoms with Crippen molar-refractivity contribution >= 4 is 33.4 Å². The number of benzene rings is 2. The number of carbonyl (C=O) groups is 2. The van der Waals surface area contributed by atoms with Crippen molar-refractivity contribution in [1.82, 2.24) is 9.88 Å². The number of ether oxygens (including phenoxy) is 2. The topological polar surface area (TPSA) is 68.7 Å². The van der Waals surface area contributed by atoms with Gasteiger partial charge in [-0.25, -0.2) is 9.78 Å². The standard InChI is InChI=1S/C19H16F2N2O4S/c1-23(10-16-22-14-7-2-3-8-15(14)28-16)17(24)11-26-18(25)12-5-4-6-13(9-12)27-19(20)21/h2-9,19H,10-11H2,1H3. The number of hydrogen-bond donors (Lipinski definition) is 0. The molecule has 6 nitrogen and oxygen atoms in total. The van der Waals surface area contributed by atoms with Gasteiger partial charge in [0.1, 0.15) is 10.8 Å². The van der Waals surface area contributed by atoms with Gasteiger partial charge in [0.25, 0.3) is 5.91 Å². The minimum Gasteiger partial charge on any atom is -0.452 e. The van der Waals surface area contributed by atoms with E-state index in [2.05, 4.69) is 9.72 Å². The zero-order valence-electron chi connectivity index (χ0n) is 14.8. The summed E-state index contributed by atoms with van der Waals surface area (Å²) in [5.41, 5.74) is 0.875. The van der Waals surface area contributed by atoms with Crippen molar-refractivity contribution in [3.8, 4) is 5.75 Å². The van der Waals surface area contributed by atoms with E-state index in [0.29, 0.717) is 0 Å². The maximum atomic E-state index is 12.3. The minimum absolute atomic E-state index is 0.0137. The third-order valence-electron chi connectivity index (χ3n) is 3.76. The molecule has 0 saturated heterocycles. The molecule has 3 rings (SSSR count). The Kier molecular flexibility index (Phi) is 6.15. The Morgan fingerprint density at radius 1 is 1.18 bits per heavy atom. The summed E-state index contributed by atoms with van der Waals surface area (Å²) in [7, 11) is 1.58. The number of nitrogens with zero attached hydrogens (tertiary/aromatic N) is 2. The van der Waals surface area contributed by atoms with Crippen LogP contribution in [0.3, 0.4) is 0 Å². The number of alkyl halides is 2. The van der Waals surface area contributed by atoms with Crippen LogP contribution in [-0.4, -0.2) is 42.0 Å². The molecule has 3 aromatic rings. The number of thiazole rings is 1. The minimum atomic E-state index is -3.00. The number of fused-ring (bicyclic) bond motifs is 1. The number of aromatic nitrogens is 1. The Hall–Kier alpha value is -3.07. The first-order valence-electron chi connectivity index (χ1n) is 8.23. The molecule has 0 atom stereocenters. The Morgan fingerprint density at radius 2 is 1.96 bits per heavy atom. The van der Waals surface area contributed by atoms with Crippen LogP contribution in [0.4, 0.5) is 8.78 Å². The highest BCUT2D eigenvalue weighted by molar-refractivity contribution is 7.18. The smallest absolute Gasteiger partial charge is 0.387 e. The fraction of sp³-hybridized carbons (Fsp3) is 0.211. The molecule has 1 amide bonds. The predicted octanol–water partition coefficient (Wildman–Crippen LogP) is 3.71. The van der Waals surface area contributed by atoms with E-state index < -0.39 is 25.1 Å². The second-order valence-corrected chi connectivity index (χ2v) is 6.92. The van der Waals surface area contributed by atoms with Gasteiger partial charge >= 0.3 is 12.6 Å². The van der Waals surface area contributed by atoms with Gasteiger partial charge in [-0.2, -0.15) is 8.78 Å². The van der Waals surface area contributed by atoms with Crippen molar-refractivity contribution in [3.63, 3.8) is 0 Å². The summed E-state index contributed by atoms with van der Waals surface area (Å²) in [6.45, 7) is -3.18. The fourth-order valence-electron chi connectivity index (χ4n) is 2.40. The van der Waals surface area contributed by atoms with Gasteiger partial charge < -0.3 is 14.4 Å². The van der Waals surface area contributed by atoms with Gasteiger partial charge in [-0.15, -0.1) is 11.3 Å². The largest absolute Gasteiger partial charge is 0.452 e. The molecule has 9 heteroatoms. The van der Waals surface area contributed by atoms with Crippen LogP contribution in [0, 0.1) is 0 Å². The monoisotopic (exact) mass is 406 g/mol. The number of rotatable bonds is 7. The molecule has 1 heterocycles. The Bertz CT molecular complexity index is 960. The van der Waals surface area contributed by atoms with Gasteiger partial charge in [0.15, 0.2) is 6.61 Å². The number of para-hydroxylation sites is 1. The summed E-state index contributed by atoms with van der Waals surface area (Å²) in [6.07, 6.45) is 0. The van der Waals surface area contributed by atoms with Gasteiger partial charge in [-0.05, 0) is 30.3 Å². The van der Waals surface area contributed by atoms with Crippen LogP contribution in [-0.2, 0) is 16.1 Å². The van der Waals surface area contributed by atoms with Crippen LogP contribution in [0.15, 0.2) is 48.5 Å². The number of likely N-dealkylation sites (N-methyl/N-ethyl adjacent to an activating group) is 1. The van der Waals surface area contributed by atoms with E-state index >= 15 is 0 Å². The van der Waals surface area contributed by atoms with Crippen LogP contribution in [0.5, 0.6) is 5.75 Å². The molecule has 146 valence electrons. The van der Waals surface area contributed by atoms with E-state index in [4.69, 9.17) is 4.74 Å². The second-order valence-electron chi connectivity index (χ2n) is 5.81. The van der Waals surface area contributed by atoms with Crippen molar-refractivity contribution in [3.05, 3.63) is 59.1 Å². The van der Waals surface area contributed by atoms with Crippen LogP contribution in [0.1, 0.15) is 15.4 Å². The first-order chi connectivity index (χ1) is 13.4. The quantitative estimate of drug-likeness (QED) is 0.560. The molecule has 28 heavy (non-hydrogen) atoms. The van der Waals surface area contributed by atoms with Gasteiger partial charge in [0, 0.05) is 7.05 Å². The maximum Gasteiger partial charge on any atom is 0.387 e. The molecule has 0 spiro atoms. The number of amides is 1. The lowest BCUT2D eigenvalue weighted by molar-refractivity contribution is -0.133. The fourth-order valence-corrected chi connectivity index (χ4v) is 3.42. The highest BCUT2D eigenvalue weighted by Gasteiger charge is 2.16. The van der Waals surface area contributed by atoms with Crippen molar-refractivity contribution in [2.24, 2.45) is 0 Å². The molecular weight excluding hydrogens is 390 g/mol. The molecule has 0 aliphatic rings. The summed E-state index contributed by atoms with van der Waals surface area (Å²) in [4.78, 5) is 30.1. The second kappa shape index (κ2) is 8.75. The molecule has 0 radical (unpaired) electrons. The van der Waals surface area contributed by atoms with Crippen LogP contribution in [0.25, 0.3) is 10.2 Å². The van der Waals surface area contributed by atoms with Crippen LogP contribution >= 0.6 is 11.3 Å². The third-order valence-corrected chi connectivity index (χ3v) is 4.78. The van der Waals surface area contributed by atoms with E-state index in [0.717, 1.165) is 21.3 Å². The zero-order chi connectivity index (χ0) is 20.1. The van der Waals surface area contributed by atoms with E-state index in [9.17, 15) is 18.4 Å². The molecule has 0 aliphatic carbocycles. The number of esters is 1. The molecule has 0 aliphatic heterocycles. The zero-order valence-corrected chi connectivity index (χ0v) is 15.6. The lowest BCUT2D eigenvalue weighted by Gasteiger charge is -2.15. The highest BCUT2D eigenvalue weighted by atomic mass is 32.1. The van der Waals surface area contributed by atoms with Crippen LogP contribution < -0.4 is 4.74 Å². The molecule has 0 saturated carbocycles.